The van der Waals surface area contributed by atoms with Crippen molar-refractivity contribution < 1.29 is 9.53 Å². The zero-order chi connectivity index (χ0) is 22.8. The lowest BCUT2D eigenvalue weighted by Crippen LogP contribution is -2.23. The third-order valence-corrected chi connectivity index (χ3v) is 5.79. The maximum atomic E-state index is 12.7. The monoisotopic (exact) mass is 457 g/mol. The molecule has 0 atom stereocenters. The Hall–Kier alpha value is -4.24. The van der Waals surface area contributed by atoms with E-state index in [2.05, 4.69) is 20.4 Å². The van der Waals surface area contributed by atoms with Gasteiger partial charge in [-0.15, -0.1) is 11.3 Å². The number of ether oxygens (including phenoxy) is 1. The van der Waals surface area contributed by atoms with E-state index >= 15 is 0 Å². The van der Waals surface area contributed by atoms with Crippen LogP contribution in [0.5, 0.6) is 5.75 Å². The fourth-order valence-corrected chi connectivity index (χ4v) is 4.11. The molecule has 0 saturated heterocycles. The van der Waals surface area contributed by atoms with Gasteiger partial charge in [-0.25, -0.2) is 4.98 Å². The van der Waals surface area contributed by atoms with Gasteiger partial charge in [0.25, 0.3) is 11.5 Å². The Balaban J connectivity index is 1.39. The van der Waals surface area contributed by atoms with Crippen molar-refractivity contribution in [1.82, 2.24) is 19.7 Å². The van der Waals surface area contributed by atoms with Gasteiger partial charge in [0.15, 0.2) is 6.61 Å². The first kappa shape index (κ1) is 20.7. The van der Waals surface area contributed by atoms with Gasteiger partial charge in [0.05, 0.1) is 4.88 Å². The molecule has 0 radical (unpaired) electrons. The van der Waals surface area contributed by atoms with Crippen molar-refractivity contribution in [3.05, 3.63) is 88.2 Å². The minimum absolute atomic E-state index is 0.185. The summed E-state index contributed by atoms with van der Waals surface area (Å²) in [6.07, 6.45) is 0. The van der Waals surface area contributed by atoms with Crippen molar-refractivity contribution in [1.29, 1.82) is 0 Å². The van der Waals surface area contributed by atoms with Crippen LogP contribution in [0, 0.1) is 6.92 Å². The molecular weight excluding hydrogens is 438 g/mol. The Labute approximate surface area is 192 Å². The van der Waals surface area contributed by atoms with Gasteiger partial charge in [-0.1, -0.05) is 36.4 Å². The molecule has 2 aromatic carbocycles. The highest BCUT2D eigenvalue weighted by atomic mass is 32.1. The number of aryl methyl sites for hydroxylation is 1. The molecule has 0 aliphatic carbocycles. The lowest BCUT2D eigenvalue weighted by Gasteiger charge is -2.10. The second-order valence-corrected chi connectivity index (χ2v) is 8.31. The van der Waals surface area contributed by atoms with Gasteiger partial charge in [-0.2, -0.15) is 9.78 Å². The van der Waals surface area contributed by atoms with Crippen LogP contribution in [0.1, 0.15) is 5.69 Å². The maximum Gasteiger partial charge on any atom is 0.263 e. The summed E-state index contributed by atoms with van der Waals surface area (Å²) in [6, 6.07) is 20.6. The predicted octanol–water partition coefficient (Wildman–Crippen LogP) is 4.16. The summed E-state index contributed by atoms with van der Waals surface area (Å²) in [7, 11) is 0. The average Bonchev–Trinajstić information content (AvgIpc) is 3.47. The number of thiophene rings is 1. The molecule has 33 heavy (non-hydrogen) atoms. The number of rotatable bonds is 6. The van der Waals surface area contributed by atoms with E-state index in [0.29, 0.717) is 23.0 Å². The standard InChI is InChI=1S/C24H19N5O3S/c1-15-11-22(30)27-24(25-15)29-21(13-19(28-29)20-7-4-10-33-20)26-23(31)14-32-18-9-8-16-5-2-3-6-17(16)12-18/h2-13H,14H2,1H3,(H,26,31)(H,25,27,30). The van der Waals surface area contributed by atoms with Crippen molar-refractivity contribution in [2.45, 2.75) is 6.92 Å². The van der Waals surface area contributed by atoms with E-state index in [-0.39, 0.29) is 24.0 Å². The summed E-state index contributed by atoms with van der Waals surface area (Å²) in [6.45, 7) is 1.54. The van der Waals surface area contributed by atoms with E-state index in [1.54, 1.807) is 13.0 Å². The van der Waals surface area contributed by atoms with E-state index in [1.807, 2.05) is 60.0 Å². The minimum atomic E-state index is -0.364. The van der Waals surface area contributed by atoms with Crippen LogP contribution >= 0.6 is 11.3 Å². The molecule has 0 fully saturated rings. The van der Waals surface area contributed by atoms with E-state index in [0.717, 1.165) is 15.6 Å². The fourth-order valence-electron chi connectivity index (χ4n) is 3.42. The van der Waals surface area contributed by atoms with Gasteiger partial charge in [-0.3, -0.25) is 14.6 Å². The Morgan fingerprint density at radius 2 is 1.94 bits per heavy atom. The van der Waals surface area contributed by atoms with Gasteiger partial charge >= 0.3 is 0 Å². The first-order valence-electron chi connectivity index (χ1n) is 10.2. The number of nitrogens with zero attached hydrogens (tertiary/aromatic N) is 3. The molecule has 2 N–H and O–H groups in total. The van der Waals surface area contributed by atoms with Gasteiger partial charge in [-0.05, 0) is 41.3 Å². The van der Waals surface area contributed by atoms with Gasteiger partial charge < -0.3 is 10.1 Å². The number of aromatic amines is 1. The number of H-pyrrole nitrogens is 1. The molecule has 8 nitrogen and oxygen atoms in total. The molecule has 0 aliphatic rings. The van der Waals surface area contributed by atoms with E-state index in [9.17, 15) is 9.59 Å². The number of hydrogen-bond acceptors (Lipinski definition) is 6. The molecule has 164 valence electrons. The predicted molar refractivity (Wildman–Crippen MR) is 128 cm³/mol. The number of carbonyl (C=O) groups is 1. The molecule has 5 aromatic rings. The van der Waals surface area contributed by atoms with Crippen LogP contribution in [-0.2, 0) is 4.79 Å². The molecule has 9 heteroatoms. The first-order chi connectivity index (χ1) is 16.0. The molecule has 3 heterocycles. The number of benzene rings is 2. The molecule has 0 unspecified atom stereocenters. The smallest absolute Gasteiger partial charge is 0.263 e. The van der Waals surface area contributed by atoms with Crippen LogP contribution in [0.3, 0.4) is 0 Å². The zero-order valence-corrected chi connectivity index (χ0v) is 18.4. The molecule has 0 aliphatic heterocycles. The highest BCUT2D eigenvalue weighted by Crippen LogP contribution is 2.27. The number of aromatic nitrogens is 4. The topological polar surface area (TPSA) is 102 Å². The van der Waals surface area contributed by atoms with Crippen LogP contribution in [0.25, 0.3) is 27.3 Å². The molecule has 5 rings (SSSR count). The largest absolute Gasteiger partial charge is 0.484 e. The number of anilines is 1. The molecule has 1 amide bonds. The van der Waals surface area contributed by atoms with Gasteiger partial charge in [0, 0.05) is 17.8 Å². The van der Waals surface area contributed by atoms with Crippen molar-refractivity contribution in [3.63, 3.8) is 0 Å². The summed E-state index contributed by atoms with van der Waals surface area (Å²) in [5, 5.41) is 11.4. The van der Waals surface area contributed by atoms with E-state index in [1.165, 1.54) is 22.1 Å². The van der Waals surface area contributed by atoms with Crippen LogP contribution in [0.4, 0.5) is 5.82 Å². The highest BCUT2D eigenvalue weighted by molar-refractivity contribution is 7.13. The number of hydrogen-bond donors (Lipinski definition) is 2. The lowest BCUT2D eigenvalue weighted by atomic mass is 10.1. The van der Waals surface area contributed by atoms with Crippen LogP contribution in [0.15, 0.2) is 76.9 Å². The number of amides is 1. The van der Waals surface area contributed by atoms with Gasteiger partial charge in [0.1, 0.15) is 17.3 Å². The Morgan fingerprint density at radius 3 is 2.73 bits per heavy atom. The molecule has 0 spiro atoms. The SMILES string of the molecule is Cc1cc(=O)[nH]c(-n2nc(-c3cccs3)cc2NC(=O)COc2ccc3ccccc3c2)n1. The van der Waals surface area contributed by atoms with Crippen LogP contribution < -0.4 is 15.6 Å². The third-order valence-electron chi connectivity index (χ3n) is 4.90. The second kappa shape index (κ2) is 8.71. The summed E-state index contributed by atoms with van der Waals surface area (Å²) in [5.74, 6) is 0.825. The Morgan fingerprint density at radius 1 is 1.09 bits per heavy atom. The summed E-state index contributed by atoms with van der Waals surface area (Å²) in [5.41, 5.74) is 0.890. The van der Waals surface area contributed by atoms with E-state index in [4.69, 9.17) is 4.74 Å². The summed E-state index contributed by atoms with van der Waals surface area (Å²) < 4.78 is 7.11. The Kier molecular flexibility index (Phi) is 5.45. The molecule has 3 aromatic heterocycles. The highest BCUT2D eigenvalue weighted by Gasteiger charge is 2.16. The van der Waals surface area contributed by atoms with Crippen molar-refractivity contribution >= 4 is 33.8 Å². The number of fused-ring (bicyclic) bond motifs is 1. The van der Waals surface area contributed by atoms with Crippen molar-refractivity contribution in [2.75, 3.05) is 11.9 Å². The normalized spacial score (nSPS) is 10.9. The molecule has 0 saturated carbocycles. The minimum Gasteiger partial charge on any atom is -0.484 e. The lowest BCUT2D eigenvalue weighted by molar-refractivity contribution is -0.118. The third kappa shape index (κ3) is 4.53. The van der Waals surface area contributed by atoms with E-state index < -0.39 is 0 Å². The second-order valence-electron chi connectivity index (χ2n) is 7.36. The quantitative estimate of drug-likeness (QED) is 0.399. The number of nitrogens with one attached hydrogen (secondary N) is 2. The summed E-state index contributed by atoms with van der Waals surface area (Å²) in [4.78, 5) is 32.6. The Bertz CT molecular complexity index is 1500. The number of carbonyl (C=O) groups excluding carboxylic acids is 1. The maximum absolute atomic E-state index is 12.7. The van der Waals surface area contributed by atoms with Crippen molar-refractivity contribution in [2.24, 2.45) is 0 Å². The van der Waals surface area contributed by atoms with Crippen LogP contribution in [-0.4, -0.2) is 32.3 Å². The summed E-state index contributed by atoms with van der Waals surface area (Å²) >= 11 is 1.52. The molecular formula is C24H19N5O3S. The first-order valence-corrected chi connectivity index (χ1v) is 11.1. The zero-order valence-electron chi connectivity index (χ0n) is 17.6. The average molecular weight is 458 g/mol. The van der Waals surface area contributed by atoms with Crippen molar-refractivity contribution in [3.8, 4) is 22.3 Å². The van der Waals surface area contributed by atoms with Gasteiger partial charge in [0.2, 0.25) is 5.95 Å². The van der Waals surface area contributed by atoms with Crippen LogP contribution in [0.2, 0.25) is 0 Å². The molecule has 0 bridgehead atoms. The fraction of sp³-hybridized carbons (Fsp3) is 0.0833.